The van der Waals surface area contributed by atoms with E-state index in [4.69, 9.17) is 0 Å². The highest BCUT2D eigenvalue weighted by Crippen LogP contribution is 2.26. The lowest BCUT2D eigenvalue weighted by Gasteiger charge is -2.28. The van der Waals surface area contributed by atoms with E-state index in [1.54, 1.807) is 28.2 Å². The van der Waals surface area contributed by atoms with Crippen molar-refractivity contribution in [3.8, 4) is 0 Å². The predicted molar refractivity (Wildman–Crippen MR) is 82.9 cm³/mol. The average Bonchev–Trinajstić information content (AvgIpc) is 3.19. The molecule has 1 saturated carbocycles. The number of hydrogen-bond acceptors (Lipinski definition) is 4. The minimum Gasteiger partial charge on any atom is -0.335 e. The van der Waals surface area contributed by atoms with Crippen molar-refractivity contribution in [2.75, 3.05) is 0 Å². The average molecular weight is 306 g/mol. The fourth-order valence-electron chi connectivity index (χ4n) is 2.80. The fourth-order valence-corrected chi connectivity index (χ4v) is 4.02. The van der Waals surface area contributed by atoms with Crippen LogP contribution in [0.5, 0.6) is 0 Å². The van der Waals surface area contributed by atoms with Crippen molar-refractivity contribution in [2.24, 2.45) is 0 Å². The number of amides is 1. The first-order chi connectivity index (χ1) is 9.83. The number of carbonyl (C=O) groups excluding carboxylic acids is 1. The summed E-state index contributed by atoms with van der Waals surface area (Å²) in [6.45, 7) is 0.747. The van der Waals surface area contributed by atoms with E-state index in [1.165, 1.54) is 18.4 Å². The molecule has 0 bridgehead atoms. The van der Waals surface area contributed by atoms with Crippen molar-refractivity contribution < 1.29 is 4.79 Å². The molecule has 1 aliphatic carbocycles. The van der Waals surface area contributed by atoms with Gasteiger partial charge in [-0.15, -0.1) is 11.3 Å². The number of carbonyl (C=O) groups is 1. The number of nitrogens with zero attached hydrogens (tertiary/aromatic N) is 2. The zero-order valence-electron chi connectivity index (χ0n) is 11.3. The van der Waals surface area contributed by atoms with Crippen LogP contribution in [0.1, 0.15) is 36.9 Å². The van der Waals surface area contributed by atoms with Crippen molar-refractivity contribution in [3.63, 3.8) is 0 Å². The number of rotatable bonds is 5. The van der Waals surface area contributed by atoms with E-state index in [0.717, 1.165) is 25.1 Å². The molecule has 2 aromatic heterocycles. The maximum atomic E-state index is 12.6. The van der Waals surface area contributed by atoms with Crippen LogP contribution in [0.25, 0.3) is 0 Å². The Labute approximate surface area is 127 Å². The highest BCUT2D eigenvalue weighted by Gasteiger charge is 2.27. The minimum atomic E-state index is 0.217. The highest BCUT2D eigenvalue weighted by atomic mass is 32.1. The topological polar surface area (TPSA) is 33.2 Å². The molecule has 0 unspecified atom stereocenters. The molecule has 1 aliphatic rings. The first-order valence-electron chi connectivity index (χ1n) is 7.00. The van der Waals surface area contributed by atoms with Crippen LogP contribution in [0.2, 0.25) is 0 Å². The molecule has 0 aromatic carbocycles. The second kappa shape index (κ2) is 6.50. The highest BCUT2D eigenvalue weighted by molar-refractivity contribution is 7.08. The molecule has 1 amide bonds. The summed E-state index contributed by atoms with van der Waals surface area (Å²) in [5.41, 5.74) is 3.93. The van der Waals surface area contributed by atoms with Gasteiger partial charge in [0.15, 0.2) is 0 Å². The van der Waals surface area contributed by atoms with Crippen molar-refractivity contribution >= 4 is 28.6 Å². The zero-order valence-corrected chi connectivity index (χ0v) is 13.0. The molecule has 5 heteroatoms. The molecule has 3 nitrogen and oxygen atoms in total. The maximum absolute atomic E-state index is 12.6. The van der Waals surface area contributed by atoms with Crippen LogP contribution in [-0.2, 0) is 17.8 Å². The molecule has 0 spiro atoms. The van der Waals surface area contributed by atoms with E-state index in [-0.39, 0.29) is 5.91 Å². The lowest BCUT2D eigenvalue weighted by molar-refractivity contribution is -0.133. The quantitative estimate of drug-likeness (QED) is 0.843. The fraction of sp³-hybridized carbons (Fsp3) is 0.467. The van der Waals surface area contributed by atoms with Gasteiger partial charge in [0.05, 0.1) is 17.6 Å². The summed E-state index contributed by atoms with van der Waals surface area (Å²) in [6.07, 6.45) is 5.22. The Morgan fingerprint density at radius 2 is 2.15 bits per heavy atom. The van der Waals surface area contributed by atoms with Crippen LogP contribution < -0.4 is 0 Å². The van der Waals surface area contributed by atoms with Gasteiger partial charge in [-0.2, -0.15) is 11.3 Å². The number of thiophene rings is 1. The molecule has 2 aromatic rings. The molecule has 1 fully saturated rings. The van der Waals surface area contributed by atoms with Gasteiger partial charge in [0.25, 0.3) is 0 Å². The predicted octanol–water partition coefficient (Wildman–Crippen LogP) is 3.72. The van der Waals surface area contributed by atoms with Crippen molar-refractivity contribution in [1.29, 1.82) is 0 Å². The molecule has 0 atom stereocenters. The van der Waals surface area contributed by atoms with Crippen LogP contribution in [0.3, 0.4) is 0 Å². The van der Waals surface area contributed by atoms with Gasteiger partial charge in [-0.1, -0.05) is 12.8 Å². The molecule has 106 valence electrons. The largest absolute Gasteiger partial charge is 0.335 e. The number of hydrogen-bond donors (Lipinski definition) is 0. The van der Waals surface area contributed by atoms with Crippen molar-refractivity contribution in [3.05, 3.63) is 39.0 Å². The zero-order chi connectivity index (χ0) is 13.8. The molecule has 0 radical (unpaired) electrons. The van der Waals surface area contributed by atoms with E-state index in [2.05, 4.69) is 26.7 Å². The van der Waals surface area contributed by atoms with Crippen molar-refractivity contribution in [1.82, 2.24) is 9.88 Å². The third-order valence-electron chi connectivity index (χ3n) is 3.83. The standard InChI is InChI=1S/C15H18N2OS2/c18-15(7-13-10-20-11-16-13)17(14-3-1-2-4-14)8-12-5-6-19-9-12/h5-6,9-11,14H,1-4,7-8H2. The summed E-state index contributed by atoms with van der Waals surface area (Å²) in [5, 5.41) is 6.18. The Kier molecular flexibility index (Phi) is 4.47. The third kappa shape index (κ3) is 3.27. The summed E-state index contributed by atoms with van der Waals surface area (Å²) >= 11 is 3.24. The molecule has 2 heterocycles. The van der Waals surface area contributed by atoms with Crippen LogP contribution >= 0.6 is 22.7 Å². The Morgan fingerprint density at radius 1 is 1.30 bits per heavy atom. The lowest BCUT2D eigenvalue weighted by Crippen LogP contribution is -2.39. The van der Waals surface area contributed by atoms with Crippen LogP contribution in [0.4, 0.5) is 0 Å². The monoisotopic (exact) mass is 306 g/mol. The van der Waals surface area contributed by atoms with Gasteiger partial charge in [-0.3, -0.25) is 4.79 Å². The third-order valence-corrected chi connectivity index (χ3v) is 5.20. The van der Waals surface area contributed by atoms with Gasteiger partial charge < -0.3 is 4.90 Å². The van der Waals surface area contributed by atoms with E-state index in [1.807, 2.05) is 5.38 Å². The van der Waals surface area contributed by atoms with Gasteiger partial charge in [0, 0.05) is 18.0 Å². The summed E-state index contributed by atoms with van der Waals surface area (Å²) in [6, 6.07) is 2.53. The Balaban J connectivity index is 1.72. The molecule has 20 heavy (non-hydrogen) atoms. The van der Waals surface area contributed by atoms with Crippen LogP contribution in [0, 0.1) is 0 Å². The lowest BCUT2D eigenvalue weighted by atomic mass is 10.1. The Morgan fingerprint density at radius 3 is 2.80 bits per heavy atom. The molecular weight excluding hydrogens is 288 g/mol. The SMILES string of the molecule is O=C(Cc1cscn1)N(Cc1ccsc1)C1CCCC1. The smallest absolute Gasteiger partial charge is 0.229 e. The summed E-state index contributed by atoms with van der Waals surface area (Å²) in [5.74, 6) is 0.217. The van der Waals surface area contributed by atoms with Gasteiger partial charge in [-0.25, -0.2) is 4.98 Å². The number of thiazole rings is 1. The number of aromatic nitrogens is 1. The van der Waals surface area contributed by atoms with Crippen LogP contribution in [-0.4, -0.2) is 21.8 Å². The van der Waals surface area contributed by atoms with E-state index >= 15 is 0 Å². The minimum absolute atomic E-state index is 0.217. The first kappa shape index (κ1) is 13.8. The maximum Gasteiger partial charge on any atom is 0.229 e. The van der Waals surface area contributed by atoms with Crippen molar-refractivity contribution in [2.45, 2.75) is 44.7 Å². The Hall–Kier alpha value is -1.20. The van der Waals surface area contributed by atoms with E-state index in [9.17, 15) is 4.79 Å². The van der Waals surface area contributed by atoms with Gasteiger partial charge >= 0.3 is 0 Å². The van der Waals surface area contributed by atoms with Gasteiger partial charge in [-0.05, 0) is 35.2 Å². The molecular formula is C15H18N2OS2. The summed E-state index contributed by atoms with van der Waals surface area (Å²) in [4.78, 5) is 18.9. The Bertz CT molecular complexity index is 530. The van der Waals surface area contributed by atoms with E-state index in [0.29, 0.717) is 12.5 Å². The molecule has 0 N–H and O–H groups in total. The molecule has 0 saturated heterocycles. The van der Waals surface area contributed by atoms with Gasteiger partial charge in [0.2, 0.25) is 5.91 Å². The summed E-state index contributed by atoms with van der Waals surface area (Å²) in [7, 11) is 0. The second-order valence-corrected chi connectivity index (χ2v) is 6.75. The van der Waals surface area contributed by atoms with Gasteiger partial charge in [0.1, 0.15) is 0 Å². The normalized spacial score (nSPS) is 15.6. The summed E-state index contributed by atoms with van der Waals surface area (Å²) < 4.78 is 0. The molecule has 3 rings (SSSR count). The van der Waals surface area contributed by atoms with E-state index < -0.39 is 0 Å². The second-order valence-electron chi connectivity index (χ2n) is 5.25. The van der Waals surface area contributed by atoms with Crippen LogP contribution in [0.15, 0.2) is 27.7 Å². The molecule has 0 aliphatic heterocycles. The first-order valence-corrected chi connectivity index (χ1v) is 8.89.